The van der Waals surface area contributed by atoms with Crippen LogP contribution in [0.5, 0.6) is 0 Å². The number of nitrogens with zero attached hydrogens (tertiary/aromatic N) is 1. The van der Waals surface area contributed by atoms with Crippen LogP contribution in [0.4, 0.5) is 0 Å². The fourth-order valence-electron chi connectivity index (χ4n) is 2.13. The number of methoxy groups -OCH3 is 1. The topological polar surface area (TPSA) is 41.6 Å². The third kappa shape index (κ3) is 3.19. The molecule has 2 unspecified atom stereocenters. The number of ether oxygens (including phenoxy) is 1. The quantitative estimate of drug-likeness (QED) is 0.763. The largest absolute Gasteiger partial charge is 0.380 e. The van der Waals surface area contributed by atoms with Gasteiger partial charge >= 0.3 is 0 Å². The second-order valence-corrected chi connectivity index (χ2v) is 4.68. The van der Waals surface area contributed by atoms with Gasteiger partial charge in [-0.15, -0.1) is 0 Å². The maximum atomic E-state index is 12.2. The predicted molar refractivity (Wildman–Crippen MR) is 64.3 cm³/mol. The van der Waals surface area contributed by atoms with Gasteiger partial charge in [0, 0.05) is 26.2 Å². The Morgan fingerprint density at radius 1 is 1.56 bits per heavy atom. The maximum Gasteiger partial charge on any atom is 0.240 e. The molecule has 0 aromatic heterocycles. The van der Waals surface area contributed by atoms with Gasteiger partial charge in [0.15, 0.2) is 0 Å². The van der Waals surface area contributed by atoms with Crippen LogP contribution < -0.4 is 5.32 Å². The van der Waals surface area contributed by atoms with Crippen molar-refractivity contribution >= 4 is 5.91 Å². The number of amides is 1. The summed E-state index contributed by atoms with van der Waals surface area (Å²) in [4.78, 5) is 14.2. The van der Waals surface area contributed by atoms with E-state index in [1.54, 1.807) is 7.11 Å². The first-order valence-corrected chi connectivity index (χ1v) is 6.16. The van der Waals surface area contributed by atoms with Gasteiger partial charge in [-0.05, 0) is 26.7 Å². The molecule has 0 aliphatic carbocycles. The lowest BCUT2D eigenvalue weighted by Crippen LogP contribution is -2.47. The summed E-state index contributed by atoms with van der Waals surface area (Å²) >= 11 is 0. The van der Waals surface area contributed by atoms with Gasteiger partial charge in [-0.25, -0.2) is 0 Å². The highest BCUT2D eigenvalue weighted by molar-refractivity contribution is 5.82. The molecule has 0 spiro atoms. The molecule has 1 aliphatic rings. The SMILES string of the molecule is CCCN(C(=O)C1CC(OC)CN1)C(C)C. The van der Waals surface area contributed by atoms with Crippen LogP contribution in [0.15, 0.2) is 0 Å². The van der Waals surface area contributed by atoms with E-state index in [1.165, 1.54) is 0 Å². The normalized spacial score (nSPS) is 25.1. The fourth-order valence-corrected chi connectivity index (χ4v) is 2.13. The van der Waals surface area contributed by atoms with Gasteiger partial charge in [0.05, 0.1) is 12.1 Å². The predicted octanol–water partition coefficient (Wildman–Crippen LogP) is 1.01. The first kappa shape index (κ1) is 13.5. The number of rotatable bonds is 5. The molecule has 0 aromatic rings. The van der Waals surface area contributed by atoms with Gasteiger partial charge in [-0.1, -0.05) is 6.92 Å². The van der Waals surface area contributed by atoms with E-state index in [4.69, 9.17) is 4.74 Å². The van der Waals surface area contributed by atoms with E-state index in [-0.39, 0.29) is 24.1 Å². The van der Waals surface area contributed by atoms with Crippen LogP contribution >= 0.6 is 0 Å². The van der Waals surface area contributed by atoms with Crippen LogP contribution in [-0.2, 0) is 9.53 Å². The lowest BCUT2D eigenvalue weighted by Gasteiger charge is -2.29. The number of hydrogen-bond acceptors (Lipinski definition) is 3. The molecule has 1 fully saturated rings. The van der Waals surface area contributed by atoms with Crippen LogP contribution in [0, 0.1) is 0 Å². The molecule has 1 saturated heterocycles. The Bertz CT molecular complexity index is 231. The Morgan fingerprint density at radius 2 is 2.25 bits per heavy atom. The molecule has 0 radical (unpaired) electrons. The minimum Gasteiger partial charge on any atom is -0.380 e. The molecule has 94 valence electrons. The lowest BCUT2D eigenvalue weighted by atomic mass is 10.1. The van der Waals surface area contributed by atoms with Gasteiger partial charge in [0.25, 0.3) is 0 Å². The molecule has 0 aromatic carbocycles. The van der Waals surface area contributed by atoms with Crippen molar-refractivity contribution in [3.8, 4) is 0 Å². The summed E-state index contributed by atoms with van der Waals surface area (Å²) in [7, 11) is 1.70. The van der Waals surface area contributed by atoms with Gasteiger partial charge in [0.2, 0.25) is 5.91 Å². The average molecular weight is 228 g/mol. The highest BCUT2D eigenvalue weighted by atomic mass is 16.5. The van der Waals surface area contributed by atoms with E-state index in [2.05, 4.69) is 26.1 Å². The minimum atomic E-state index is -0.0566. The van der Waals surface area contributed by atoms with E-state index in [9.17, 15) is 4.79 Å². The van der Waals surface area contributed by atoms with Gasteiger partial charge in [-0.2, -0.15) is 0 Å². The molecule has 0 saturated carbocycles. The van der Waals surface area contributed by atoms with E-state index in [0.717, 1.165) is 25.9 Å². The summed E-state index contributed by atoms with van der Waals surface area (Å²) in [6.45, 7) is 7.85. The molecule has 4 nitrogen and oxygen atoms in total. The van der Waals surface area contributed by atoms with Crippen molar-refractivity contribution in [3.63, 3.8) is 0 Å². The lowest BCUT2D eigenvalue weighted by molar-refractivity contribution is -0.135. The van der Waals surface area contributed by atoms with E-state index in [1.807, 2.05) is 4.90 Å². The number of nitrogens with one attached hydrogen (secondary N) is 1. The zero-order valence-electron chi connectivity index (χ0n) is 10.8. The second kappa shape index (κ2) is 6.21. The maximum absolute atomic E-state index is 12.2. The summed E-state index contributed by atoms with van der Waals surface area (Å²) in [5.41, 5.74) is 0. The average Bonchev–Trinajstić information content (AvgIpc) is 2.73. The van der Waals surface area contributed by atoms with Crippen molar-refractivity contribution in [3.05, 3.63) is 0 Å². The van der Waals surface area contributed by atoms with E-state index >= 15 is 0 Å². The van der Waals surface area contributed by atoms with E-state index in [0.29, 0.717) is 0 Å². The molecule has 1 rings (SSSR count). The molecule has 4 heteroatoms. The molecule has 0 bridgehead atoms. The van der Waals surface area contributed by atoms with Crippen LogP contribution in [0.1, 0.15) is 33.6 Å². The third-order valence-electron chi connectivity index (χ3n) is 3.09. The Morgan fingerprint density at radius 3 is 2.69 bits per heavy atom. The van der Waals surface area contributed by atoms with Crippen LogP contribution in [0.2, 0.25) is 0 Å². The molecule has 1 heterocycles. The van der Waals surface area contributed by atoms with Crippen molar-refractivity contribution in [2.75, 3.05) is 20.2 Å². The molecule has 1 aliphatic heterocycles. The molecule has 2 atom stereocenters. The zero-order valence-corrected chi connectivity index (χ0v) is 10.8. The van der Waals surface area contributed by atoms with Crippen molar-refractivity contribution < 1.29 is 9.53 Å². The van der Waals surface area contributed by atoms with Crippen LogP contribution in [0.3, 0.4) is 0 Å². The summed E-state index contributed by atoms with van der Waals surface area (Å²) in [6, 6.07) is 0.217. The highest BCUT2D eigenvalue weighted by Crippen LogP contribution is 2.14. The highest BCUT2D eigenvalue weighted by Gasteiger charge is 2.32. The fraction of sp³-hybridized carbons (Fsp3) is 0.917. The van der Waals surface area contributed by atoms with E-state index < -0.39 is 0 Å². The first-order chi connectivity index (χ1) is 7.60. The third-order valence-corrected chi connectivity index (χ3v) is 3.09. The van der Waals surface area contributed by atoms with Gasteiger partial charge < -0.3 is 15.0 Å². The molecule has 16 heavy (non-hydrogen) atoms. The van der Waals surface area contributed by atoms with Crippen molar-refractivity contribution in [2.24, 2.45) is 0 Å². The smallest absolute Gasteiger partial charge is 0.240 e. The van der Waals surface area contributed by atoms with Crippen molar-refractivity contribution in [1.29, 1.82) is 0 Å². The summed E-state index contributed by atoms with van der Waals surface area (Å²) in [5, 5.41) is 3.23. The molecular weight excluding hydrogens is 204 g/mol. The Labute approximate surface area is 98.3 Å². The Kier molecular flexibility index (Phi) is 5.22. The minimum absolute atomic E-state index is 0.0566. The number of carbonyl (C=O) groups excluding carboxylic acids is 1. The number of hydrogen-bond donors (Lipinski definition) is 1. The zero-order chi connectivity index (χ0) is 12.1. The Balaban J connectivity index is 2.54. The summed E-state index contributed by atoms with van der Waals surface area (Å²) < 4.78 is 5.26. The van der Waals surface area contributed by atoms with Gasteiger partial charge in [0.1, 0.15) is 0 Å². The second-order valence-electron chi connectivity index (χ2n) is 4.68. The Hall–Kier alpha value is -0.610. The molecular formula is C12H24N2O2. The molecule has 1 amide bonds. The number of carbonyl (C=O) groups is 1. The molecule has 1 N–H and O–H groups in total. The van der Waals surface area contributed by atoms with Crippen LogP contribution in [0.25, 0.3) is 0 Å². The first-order valence-electron chi connectivity index (χ1n) is 6.16. The van der Waals surface area contributed by atoms with Crippen molar-refractivity contribution in [1.82, 2.24) is 10.2 Å². The van der Waals surface area contributed by atoms with Crippen molar-refractivity contribution in [2.45, 2.75) is 51.8 Å². The standard InChI is InChI=1S/C12H24N2O2/c1-5-6-14(9(2)3)12(15)11-7-10(16-4)8-13-11/h9-11,13H,5-8H2,1-4H3. The summed E-state index contributed by atoms with van der Waals surface area (Å²) in [5.74, 6) is 0.219. The van der Waals surface area contributed by atoms with Gasteiger partial charge in [-0.3, -0.25) is 4.79 Å². The summed E-state index contributed by atoms with van der Waals surface area (Å²) in [6.07, 6.45) is 1.98. The van der Waals surface area contributed by atoms with Crippen LogP contribution in [-0.4, -0.2) is 49.2 Å². The monoisotopic (exact) mass is 228 g/mol.